The Morgan fingerprint density at radius 2 is 1.95 bits per heavy atom. The van der Waals surface area contributed by atoms with Crippen LogP contribution < -0.4 is 10.5 Å². The molecule has 0 amide bonds. The summed E-state index contributed by atoms with van der Waals surface area (Å²) in [6.07, 6.45) is 0. The van der Waals surface area contributed by atoms with Gasteiger partial charge in [0.15, 0.2) is 0 Å². The van der Waals surface area contributed by atoms with Crippen LogP contribution in [-0.2, 0) is 13.2 Å². The Kier molecular flexibility index (Phi) is 4.51. The lowest BCUT2D eigenvalue weighted by molar-refractivity contribution is 0.306. The standard InChI is InChI=1S/C18H18N2OS/c1-13-9-15(21-11-14-5-3-2-4-6-14)7-8-16(13)17-12-22-18(10-19)20-17/h2-9,12H,10-11,19H2,1H3. The smallest absolute Gasteiger partial charge is 0.120 e. The molecule has 1 aromatic heterocycles. The summed E-state index contributed by atoms with van der Waals surface area (Å²) in [6.45, 7) is 3.14. The summed E-state index contributed by atoms with van der Waals surface area (Å²) in [5.41, 5.74) is 10.1. The highest BCUT2D eigenvalue weighted by molar-refractivity contribution is 7.09. The summed E-state index contributed by atoms with van der Waals surface area (Å²) >= 11 is 1.60. The fraction of sp³-hybridized carbons (Fsp3) is 0.167. The molecule has 0 aliphatic heterocycles. The van der Waals surface area contributed by atoms with E-state index in [1.807, 2.05) is 24.3 Å². The van der Waals surface area contributed by atoms with Crippen molar-refractivity contribution in [2.24, 2.45) is 5.73 Å². The van der Waals surface area contributed by atoms with Gasteiger partial charge in [0.25, 0.3) is 0 Å². The molecule has 3 nitrogen and oxygen atoms in total. The molecule has 0 aliphatic rings. The molecule has 0 saturated carbocycles. The second kappa shape index (κ2) is 6.73. The SMILES string of the molecule is Cc1cc(OCc2ccccc2)ccc1-c1csc(CN)n1. The number of rotatable bonds is 5. The normalized spacial score (nSPS) is 10.6. The molecule has 2 aromatic carbocycles. The highest BCUT2D eigenvalue weighted by Crippen LogP contribution is 2.28. The maximum absolute atomic E-state index is 5.85. The van der Waals surface area contributed by atoms with E-state index in [1.165, 1.54) is 0 Å². The summed E-state index contributed by atoms with van der Waals surface area (Å²) in [6, 6.07) is 16.3. The van der Waals surface area contributed by atoms with Crippen molar-refractivity contribution in [1.82, 2.24) is 4.98 Å². The highest BCUT2D eigenvalue weighted by atomic mass is 32.1. The summed E-state index contributed by atoms with van der Waals surface area (Å²) < 4.78 is 5.85. The third-order valence-corrected chi connectivity index (χ3v) is 4.32. The summed E-state index contributed by atoms with van der Waals surface area (Å²) in [4.78, 5) is 4.54. The fourth-order valence-electron chi connectivity index (χ4n) is 2.28. The van der Waals surface area contributed by atoms with Crippen LogP contribution in [0.15, 0.2) is 53.9 Å². The Hall–Kier alpha value is -2.17. The number of hydrogen-bond donors (Lipinski definition) is 1. The van der Waals surface area contributed by atoms with Gasteiger partial charge in [-0.2, -0.15) is 0 Å². The number of nitrogens with zero attached hydrogens (tertiary/aromatic N) is 1. The predicted molar refractivity (Wildman–Crippen MR) is 91.0 cm³/mol. The first-order valence-corrected chi connectivity index (χ1v) is 8.06. The molecule has 0 radical (unpaired) electrons. The molecule has 22 heavy (non-hydrogen) atoms. The largest absolute Gasteiger partial charge is 0.489 e. The minimum atomic E-state index is 0.488. The quantitative estimate of drug-likeness (QED) is 0.770. The zero-order valence-corrected chi connectivity index (χ0v) is 13.3. The number of aryl methyl sites for hydroxylation is 1. The van der Waals surface area contributed by atoms with Crippen molar-refractivity contribution in [1.29, 1.82) is 0 Å². The van der Waals surface area contributed by atoms with Crippen LogP contribution in [0.1, 0.15) is 16.1 Å². The molecule has 1 heterocycles. The third-order valence-electron chi connectivity index (χ3n) is 3.45. The summed E-state index contributed by atoms with van der Waals surface area (Å²) in [7, 11) is 0. The van der Waals surface area contributed by atoms with E-state index < -0.39 is 0 Å². The van der Waals surface area contributed by atoms with Gasteiger partial charge in [0.2, 0.25) is 0 Å². The Bertz CT molecular complexity index is 753. The number of ether oxygens (including phenoxy) is 1. The first kappa shape index (κ1) is 14.8. The molecule has 0 spiro atoms. The van der Waals surface area contributed by atoms with E-state index in [2.05, 4.69) is 41.6 Å². The summed E-state index contributed by atoms with van der Waals surface area (Å²) in [5, 5.41) is 3.01. The van der Waals surface area contributed by atoms with Crippen LogP contribution in [0.4, 0.5) is 0 Å². The van der Waals surface area contributed by atoms with Crippen molar-refractivity contribution in [2.75, 3.05) is 0 Å². The first-order valence-electron chi connectivity index (χ1n) is 7.18. The minimum Gasteiger partial charge on any atom is -0.489 e. The molecule has 0 aliphatic carbocycles. The van der Waals surface area contributed by atoms with Crippen LogP contribution in [0.2, 0.25) is 0 Å². The molecule has 4 heteroatoms. The molecule has 112 valence electrons. The molecule has 0 unspecified atom stereocenters. The molecule has 2 N–H and O–H groups in total. The van der Waals surface area contributed by atoms with Crippen molar-refractivity contribution in [3.8, 4) is 17.0 Å². The third kappa shape index (κ3) is 3.35. The Morgan fingerprint density at radius 1 is 1.14 bits per heavy atom. The van der Waals surface area contributed by atoms with Gasteiger partial charge in [0.05, 0.1) is 5.69 Å². The van der Waals surface area contributed by atoms with Crippen LogP contribution >= 0.6 is 11.3 Å². The number of hydrogen-bond acceptors (Lipinski definition) is 4. The van der Waals surface area contributed by atoms with E-state index in [-0.39, 0.29) is 0 Å². The van der Waals surface area contributed by atoms with E-state index in [0.29, 0.717) is 13.2 Å². The van der Waals surface area contributed by atoms with Gasteiger partial charge in [-0.25, -0.2) is 4.98 Å². The molecule has 0 bridgehead atoms. The lowest BCUT2D eigenvalue weighted by atomic mass is 10.1. The van der Waals surface area contributed by atoms with Crippen LogP contribution in [-0.4, -0.2) is 4.98 Å². The second-order valence-corrected chi connectivity index (χ2v) is 6.02. The zero-order valence-electron chi connectivity index (χ0n) is 12.5. The van der Waals surface area contributed by atoms with Crippen molar-refractivity contribution < 1.29 is 4.74 Å². The van der Waals surface area contributed by atoms with Gasteiger partial charge in [-0.05, 0) is 36.2 Å². The van der Waals surface area contributed by atoms with Gasteiger partial charge in [-0.3, -0.25) is 0 Å². The highest BCUT2D eigenvalue weighted by Gasteiger charge is 2.08. The van der Waals surface area contributed by atoms with E-state index in [0.717, 1.165) is 33.1 Å². The number of aromatic nitrogens is 1. The average molecular weight is 310 g/mol. The fourth-order valence-corrected chi connectivity index (χ4v) is 2.96. The van der Waals surface area contributed by atoms with Gasteiger partial charge >= 0.3 is 0 Å². The van der Waals surface area contributed by atoms with Gasteiger partial charge in [0, 0.05) is 17.5 Å². The minimum absolute atomic E-state index is 0.488. The molecule has 0 fully saturated rings. The first-order chi connectivity index (χ1) is 10.8. The molecular weight excluding hydrogens is 292 g/mol. The zero-order chi connectivity index (χ0) is 15.4. The van der Waals surface area contributed by atoms with E-state index >= 15 is 0 Å². The van der Waals surface area contributed by atoms with Gasteiger partial charge in [-0.15, -0.1) is 11.3 Å². The Labute approximate surface area is 134 Å². The van der Waals surface area contributed by atoms with Crippen molar-refractivity contribution in [2.45, 2.75) is 20.1 Å². The van der Waals surface area contributed by atoms with Crippen LogP contribution in [0.5, 0.6) is 5.75 Å². The Balaban J connectivity index is 1.74. The molecule has 0 saturated heterocycles. The Morgan fingerprint density at radius 3 is 2.64 bits per heavy atom. The lowest BCUT2D eigenvalue weighted by Crippen LogP contribution is -1.96. The molecule has 0 atom stereocenters. The van der Waals surface area contributed by atoms with Crippen LogP contribution in [0, 0.1) is 6.92 Å². The van der Waals surface area contributed by atoms with Crippen molar-refractivity contribution >= 4 is 11.3 Å². The topological polar surface area (TPSA) is 48.1 Å². The maximum Gasteiger partial charge on any atom is 0.120 e. The average Bonchev–Trinajstić information content (AvgIpc) is 3.03. The van der Waals surface area contributed by atoms with Gasteiger partial charge < -0.3 is 10.5 Å². The van der Waals surface area contributed by atoms with Crippen LogP contribution in [0.3, 0.4) is 0 Å². The molecule has 3 aromatic rings. The monoisotopic (exact) mass is 310 g/mol. The van der Waals surface area contributed by atoms with Gasteiger partial charge in [0.1, 0.15) is 17.4 Å². The molecular formula is C18H18N2OS. The predicted octanol–water partition coefficient (Wildman–Crippen LogP) is 4.16. The second-order valence-electron chi connectivity index (χ2n) is 5.08. The number of benzene rings is 2. The van der Waals surface area contributed by atoms with E-state index in [4.69, 9.17) is 10.5 Å². The molecule has 3 rings (SSSR count). The van der Waals surface area contributed by atoms with E-state index in [1.54, 1.807) is 11.3 Å². The number of nitrogens with two attached hydrogens (primary N) is 1. The van der Waals surface area contributed by atoms with Crippen molar-refractivity contribution in [3.05, 3.63) is 70.0 Å². The maximum atomic E-state index is 5.85. The summed E-state index contributed by atoms with van der Waals surface area (Å²) in [5.74, 6) is 0.874. The number of thiazole rings is 1. The van der Waals surface area contributed by atoms with E-state index in [9.17, 15) is 0 Å². The lowest BCUT2D eigenvalue weighted by Gasteiger charge is -2.09. The van der Waals surface area contributed by atoms with Crippen molar-refractivity contribution in [3.63, 3.8) is 0 Å². The van der Waals surface area contributed by atoms with Crippen LogP contribution in [0.25, 0.3) is 11.3 Å². The van der Waals surface area contributed by atoms with Gasteiger partial charge in [-0.1, -0.05) is 30.3 Å².